The van der Waals surface area contributed by atoms with Gasteiger partial charge in [-0.1, -0.05) is 30.1 Å². The molecule has 0 radical (unpaired) electrons. The molecule has 8 heteroatoms. The fourth-order valence-corrected chi connectivity index (χ4v) is 4.10. The normalized spacial score (nSPS) is 17.2. The Hall–Kier alpha value is -1.14. The second-order valence-electron chi connectivity index (χ2n) is 4.99. The van der Waals surface area contributed by atoms with Gasteiger partial charge < -0.3 is 5.11 Å². The van der Waals surface area contributed by atoms with Crippen LogP contribution in [-0.4, -0.2) is 42.5 Å². The Bertz CT molecular complexity index is 623. The van der Waals surface area contributed by atoms with E-state index in [1.165, 1.54) is 21.8 Å². The van der Waals surface area contributed by atoms with Crippen LogP contribution in [0, 0.1) is 17.8 Å². The minimum atomic E-state index is -3.53. The highest BCUT2D eigenvalue weighted by atomic mass is 32.2. The first kappa shape index (κ1) is 16.2. The van der Waals surface area contributed by atoms with Crippen molar-refractivity contribution >= 4 is 26.7 Å². The van der Waals surface area contributed by atoms with Crippen LogP contribution >= 0.6 is 11.3 Å². The maximum absolute atomic E-state index is 12.2. The molecule has 0 saturated carbocycles. The summed E-state index contributed by atoms with van der Waals surface area (Å²) in [6.07, 6.45) is 3.70. The molecule has 0 unspecified atom stereocenters. The van der Waals surface area contributed by atoms with E-state index in [1.54, 1.807) is 0 Å². The van der Waals surface area contributed by atoms with Gasteiger partial charge in [-0.05, 0) is 18.8 Å². The second-order valence-corrected chi connectivity index (χ2v) is 7.70. The molecule has 2 rings (SSSR count). The number of anilines is 1. The largest absolute Gasteiger partial charge is 0.395 e. The predicted octanol–water partition coefficient (Wildman–Crippen LogP) is 1.27. The average molecular weight is 329 g/mol. The van der Waals surface area contributed by atoms with E-state index in [2.05, 4.69) is 28.5 Å². The quantitative estimate of drug-likeness (QED) is 0.815. The van der Waals surface area contributed by atoms with Crippen LogP contribution in [0.3, 0.4) is 0 Å². The molecule has 0 bridgehead atoms. The van der Waals surface area contributed by atoms with E-state index in [1.807, 2.05) is 0 Å². The van der Waals surface area contributed by atoms with Crippen LogP contribution in [0.1, 0.15) is 31.1 Å². The highest BCUT2D eigenvalue weighted by molar-refractivity contribution is 7.90. The van der Waals surface area contributed by atoms with E-state index in [0.29, 0.717) is 35.4 Å². The minimum absolute atomic E-state index is 0.0126. The van der Waals surface area contributed by atoms with Crippen molar-refractivity contribution in [2.75, 3.05) is 24.4 Å². The summed E-state index contributed by atoms with van der Waals surface area (Å²) >= 11 is 1.19. The molecule has 1 aromatic heterocycles. The van der Waals surface area contributed by atoms with Gasteiger partial charge in [0.05, 0.1) is 17.7 Å². The molecule has 1 aliphatic heterocycles. The lowest BCUT2D eigenvalue weighted by Gasteiger charge is -2.29. The van der Waals surface area contributed by atoms with E-state index in [9.17, 15) is 8.42 Å². The number of aromatic nitrogens is 1. The highest BCUT2D eigenvalue weighted by Gasteiger charge is 2.26. The van der Waals surface area contributed by atoms with E-state index in [4.69, 9.17) is 5.11 Å². The number of hydrogen-bond acceptors (Lipinski definition) is 5. The molecule has 0 amide bonds. The zero-order chi connectivity index (χ0) is 15.3. The molecule has 0 spiro atoms. The lowest BCUT2D eigenvalue weighted by Crippen LogP contribution is -2.41. The van der Waals surface area contributed by atoms with Crippen molar-refractivity contribution in [3.8, 4) is 11.8 Å². The number of nitrogens with zero attached hydrogens (tertiary/aromatic N) is 2. The molecule has 1 fully saturated rings. The minimum Gasteiger partial charge on any atom is -0.395 e. The van der Waals surface area contributed by atoms with Crippen molar-refractivity contribution < 1.29 is 13.5 Å². The third-order valence-corrected chi connectivity index (χ3v) is 5.71. The fourth-order valence-electron chi connectivity index (χ4n) is 1.98. The predicted molar refractivity (Wildman–Crippen MR) is 83.2 cm³/mol. The summed E-state index contributed by atoms with van der Waals surface area (Å²) in [6.45, 7) is 3.24. The molecule has 1 aromatic rings. The van der Waals surface area contributed by atoms with Gasteiger partial charge in [-0.15, -0.1) is 0 Å². The molecule has 2 heterocycles. The Balaban J connectivity index is 1.99. The number of rotatable bonds is 4. The highest BCUT2D eigenvalue weighted by Crippen LogP contribution is 2.22. The monoisotopic (exact) mass is 329 g/mol. The lowest BCUT2D eigenvalue weighted by molar-refractivity contribution is 0.289. The van der Waals surface area contributed by atoms with E-state index >= 15 is 0 Å². The summed E-state index contributed by atoms with van der Waals surface area (Å²) < 4.78 is 28.5. The van der Waals surface area contributed by atoms with Gasteiger partial charge in [-0.2, -0.15) is 12.7 Å². The number of nitrogens with one attached hydrogen (secondary N) is 1. The second kappa shape index (κ2) is 7.22. The van der Waals surface area contributed by atoms with Crippen LogP contribution in [-0.2, 0) is 10.2 Å². The molecule has 1 saturated heterocycles. The van der Waals surface area contributed by atoms with Crippen LogP contribution in [0.4, 0.5) is 5.13 Å². The molecule has 0 aliphatic carbocycles. The molecule has 0 atom stereocenters. The number of aliphatic hydroxyl groups excluding tert-OH is 1. The first-order valence-electron chi connectivity index (χ1n) is 6.84. The summed E-state index contributed by atoms with van der Waals surface area (Å²) in [5, 5.41) is 8.97. The molecule has 1 aliphatic rings. The average Bonchev–Trinajstić information content (AvgIpc) is 2.86. The maximum Gasteiger partial charge on any atom is 0.303 e. The first-order valence-corrected chi connectivity index (χ1v) is 9.10. The van der Waals surface area contributed by atoms with Crippen molar-refractivity contribution in [1.29, 1.82) is 0 Å². The van der Waals surface area contributed by atoms with Crippen LogP contribution in [0.15, 0.2) is 6.20 Å². The third-order valence-electron chi connectivity index (χ3n) is 3.25. The first-order chi connectivity index (χ1) is 10.0. The van der Waals surface area contributed by atoms with E-state index in [0.717, 1.165) is 12.8 Å². The lowest BCUT2D eigenvalue weighted by atomic mass is 10.0. The summed E-state index contributed by atoms with van der Waals surface area (Å²) in [5.74, 6) is 6.19. The Morgan fingerprint density at radius 3 is 2.90 bits per heavy atom. The van der Waals surface area contributed by atoms with Gasteiger partial charge in [0.2, 0.25) is 0 Å². The Morgan fingerprint density at radius 2 is 2.24 bits per heavy atom. The van der Waals surface area contributed by atoms with Crippen LogP contribution in [0.5, 0.6) is 0 Å². The topological polar surface area (TPSA) is 82.5 Å². The number of thiazole rings is 1. The van der Waals surface area contributed by atoms with Crippen molar-refractivity contribution in [3.63, 3.8) is 0 Å². The van der Waals surface area contributed by atoms with Crippen LogP contribution in [0.2, 0.25) is 0 Å². The van der Waals surface area contributed by atoms with Gasteiger partial charge in [0.1, 0.15) is 0 Å². The third kappa shape index (κ3) is 4.68. The SMILES string of the molecule is CC1CCN(S(=O)(=O)Nc2ncc(C#CCCO)s2)CC1. The van der Waals surface area contributed by atoms with Crippen molar-refractivity contribution in [2.24, 2.45) is 5.92 Å². The van der Waals surface area contributed by atoms with Crippen molar-refractivity contribution in [2.45, 2.75) is 26.2 Å². The van der Waals surface area contributed by atoms with Gasteiger partial charge in [-0.3, -0.25) is 0 Å². The maximum atomic E-state index is 12.2. The molecule has 2 N–H and O–H groups in total. The molecular formula is C13H19N3O3S2. The number of piperidine rings is 1. The molecule has 21 heavy (non-hydrogen) atoms. The van der Waals surface area contributed by atoms with Crippen molar-refractivity contribution in [1.82, 2.24) is 9.29 Å². The summed E-state index contributed by atoms with van der Waals surface area (Å²) in [6, 6.07) is 0. The molecular weight excluding hydrogens is 310 g/mol. The number of hydrogen-bond donors (Lipinski definition) is 2. The van der Waals surface area contributed by atoms with Crippen LogP contribution < -0.4 is 4.72 Å². The van der Waals surface area contributed by atoms with Gasteiger partial charge in [0, 0.05) is 19.5 Å². The van der Waals surface area contributed by atoms with Gasteiger partial charge >= 0.3 is 10.2 Å². The summed E-state index contributed by atoms with van der Waals surface area (Å²) in [5.41, 5.74) is 0. The zero-order valence-electron chi connectivity index (χ0n) is 11.9. The Morgan fingerprint density at radius 1 is 1.52 bits per heavy atom. The summed E-state index contributed by atoms with van der Waals surface area (Å²) in [7, 11) is -3.53. The van der Waals surface area contributed by atoms with E-state index in [-0.39, 0.29) is 6.61 Å². The van der Waals surface area contributed by atoms with Crippen molar-refractivity contribution in [3.05, 3.63) is 11.1 Å². The van der Waals surface area contributed by atoms with Gasteiger partial charge in [-0.25, -0.2) is 9.71 Å². The van der Waals surface area contributed by atoms with E-state index < -0.39 is 10.2 Å². The molecule has 6 nitrogen and oxygen atoms in total. The zero-order valence-corrected chi connectivity index (χ0v) is 13.5. The molecule has 0 aromatic carbocycles. The van der Waals surface area contributed by atoms with Gasteiger partial charge in [0.25, 0.3) is 0 Å². The Kier molecular flexibility index (Phi) is 5.58. The standard InChI is InChI=1S/C13H19N3O3S2/c1-11-5-7-16(8-6-11)21(18,19)15-13-14-10-12(20-13)4-2-3-9-17/h10-11,17H,3,5-9H2,1H3,(H,14,15). The number of aliphatic hydroxyl groups is 1. The Labute approximate surface area is 129 Å². The van der Waals surface area contributed by atoms with Gasteiger partial charge in [0.15, 0.2) is 5.13 Å². The smallest absolute Gasteiger partial charge is 0.303 e. The fraction of sp³-hybridized carbons (Fsp3) is 0.615. The van der Waals surface area contributed by atoms with Crippen LogP contribution in [0.25, 0.3) is 0 Å². The molecule has 116 valence electrons. The summed E-state index contributed by atoms with van der Waals surface area (Å²) in [4.78, 5) is 4.70.